The Morgan fingerprint density at radius 2 is 1.15 bits per heavy atom. The number of thiazole rings is 2. The Morgan fingerprint density at radius 1 is 0.717 bits per heavy atom. The molecular formula is C36H40N6O2S2. The number of aromatic nitrogens is 4. The van der Waals surface area contributed by atoms with E-state index in [9.17, 15) is 10.2 Å². The molecule has 0 spiro atoms. The first kappa shape index (κ1) is 29.7. The van der Waals surface area contributed by atoms with Gasteiger partial charge in [0, 0.05) is 33.6 Å². The Bertz CT molecular complexity index is 1880. The molecule has 238 valence electrons. The molecule has 10 heteroatoms. The normalized spacial score (nSPS) is 16.3. The fourth-order valence-corrected chi connectivity index (χ4v) is 9.01. The van der Waals surface area contributed by atoms with E-state index < -0.39 is 12.2 Å². The van der Waals surface area contributed by atoms with Crippen LogP contribution >= 0.6 is 22.7 Å². The first-order valence-corrected chi connectivity index (χ1v) is 18.2. The van der Waals surface area contributed by atoms with Crippen LogP contribution in [0.1, 0.15) is 73.9 Å². The molecule has 6 N–H and O–H groups in total. The van der Waals surface area contributed by atoms with Crippen molar-refractivity contribution in [3.63, 3.8) is 0 Å². The minimum Gasteiger partial charge on any atom is -0.393 e. The Labute approximate surface area is 276 Å². The van der Waals surface area contributed by atoms with Crippen molar-refractivity contribution in [1.82, 2.24) is 19.9 Å². The van der Waals surface area contributed by atoms with E-state index in [0.717, 1.165) is 54.6 Å². The summed E-state index contributed by atoms with van der Waals surface area (Å²) in [7, 11) is 0. The SMILES string of the molecule is Cc1cc(NC2CCCC2)c2[nH]c(-c3nc(C(O)(CO)c4csc(-c5cc6cc(C)cc(NC7CCCC7)c6[nH]5)n4)cs3)cc2c1. The lowest BCUT2D eigenvalue weighted by molar-refractivity contribution is 0.0113. The summed E-state index contributed by atoms with van der Waals surface area (Å²) in [5, 5.41) is 37.3. The van der Waals surface area contributed by atoms with Crippen LogP contribution < -0.4 is 10.6 Å². The minimum atomic E-state index is -1.72. The second kappa shape index (κ2) is 11.8. The van der Waals surface area contributed by atoms with E-state index in [1.165, 1.54) is 85.2 Å². The van der Waals surface area contributed by atoms with Crippen molar-refractivity contribution in [3.05, 3.63) is 69.7 Å². The molecule has 0 saturated heterocycles. The average Bonchev–Trinajstić information content (AvgIpc) is 3.87. The molecule has 0 amide bonds. The van der Waals surface area contributed by atoms with Crippen molar-refractivity contribution in [2.45, 2.75) is 82.9 Å². The lowest BCUT2D eigenvalue weighted by Crippen LogP contribution is -2.32. The molecule has 2 aliphatic carbocycles. The summed E-state index contributed by atoms with van der Waals surface area (Å²) in [5.41, 5.74) is 7.64. The number of H-pyrrole nitrogens is 2. The minimum absolute atomic E-state index is 0.390. The van der Waals surface area contributed by atoms with Crippen molar-refractivity contribution < 1.29 is 10.2 Å². The summed E-state index contributed by atoms with van der Waals surface area (Å²) >= 11 is 2.90. The van der Waals surface area contributed by atoms with Gasteiger partial charge >= 0.3 is 0 Å². The number of hydrogen-bond acceptors (Lipinski definition) is 8. The second-order valence-corrected chi connectivity index (χ2v) is 15.0. The number of rotatable bonds is 9. The summed E-state index contributed by atoms with van der Waals surface area (Å²) < 4.78 is 0. The van der Waals surface area contributed by atoms with Crippen molar-refractivity contribution >= 4 is 55.9 Å². The van der Waals surface area contributed by atoms with Gasteiger partial charge in [-0.25, -0.2) is 9.97 Å². The van der Waals surface area contributed by atoms with Crippen LogP contribution in [0.5, 0.6) is 0 Å². The number of aromatic amines is 2. The molecule has 0 radical (unpaired) electrons. The van der Waals surface area contributed by atoms with Gasteiger partial charge in [0.1, 0.15) is 10.0 Å². The number of nitrogens with one attached hydrogen (secondary N) is 4. The zero-order valence-corrected chi connectivity index (χ0v) is 27.9. The highest BCUT2D eigenvalue weighted by atomic mass is 32.1. The quantitative estimate of drug-likeness (QED) is 0.0932. The zero-order valence-electron chi connectivity index (χ0n) is 26.2. The van der Waals surface area contributed by atoms with Crippen LogP contribution in [-0.4, -0.2) is 48.8 Å². The Kier molecular flexibility index (Phi) is 7.63. The Hall–Kier alpha value is -3.70. The maximum atomic E-state index is 11.8. The third-order valence-electron chi connectivity index (χ3n) is 9.72. The van der Waals surface area contributed by atoms with E-state index in [4.69, 9.17) is 9.97 Å². The predicted molar refractivity (Wildman–Crippen MR) is 190 cm³/mol. The van der Waals surface area contributed by atoms with Crippen LogP contribution in [0.2, 0.25) is 0 Å². The summed E-state index contributed by atoms with van der Waals surface area (Å²) in [6.07, 6.45) is 9.92. The van der Waals surface area contributed by atoms with Crippen molar-refractivity contribution in [3.8, 4) is 21.4 Å². The number of aryl methyl sites for hydroxylation is 2. The lowest BCUT2D eigenvalue weighted by atomic mass is 9.98. The van der Waals surface area contributed by atoms with Crippen LogP contribution in [0, 0.1) is 13.8 Å². The van der Waals surface area contributed by atoms with Crippen LogP contribution in [0.15, 0.2) is 47.2 Å². The highest BCUT2D eigenvalue weighted by molar-refractivity contribution is 7.13. The van der Waals surface area contributed by atoms with Crippen molar-refractivity contribution in [1.29, 1.82) is 0 Å². The monoisotopic (exact) mass is 652 g/mol. The van der Waals surface area contributed by atoms with Crippen LogP contribution in [0.25, 0.3) is 43.2 Å². The summed E-state index contributed by atoms with van der Waals surface area (Å²) in [6, 6.07) is 14.0. The average molecular weight is 653 g/mol. The lowest BCUT2D eigenvalue weighted by Gasteiger charge is -2.21. The maximum Gasteiger partial charge on any atom is 0.173 e. The number of hydrogen-bond donors (Lipinski definition) is 6. The third kappa shape index (κ3) is 5.41. The van der Waals surface area contributed by atoms with Gasteiger partial charge in [0.15, 0.2) is 5.60 Å². The van der Waals surface area contributed by atoms with E-state index in [1.807, 2.05) is 10.8 Å². The molecule has 8 nitrogen and oxygen atoms in total. The molecule has 4 aromatic heterocycles. The van der Waals surface area contributed by atoms with Gasteiger partial charge in [0.2, 0.25) is 0 Å². The first-order chi connectivity index (χ1) is 22.4. The molecule has 2 aromatic carbocycles. The molecule has 0 unspecified atom stereocenters. The van der Waals surface area contributed by atoms with Gasteiger partial charge in [-0.05, 0) is 87.1 Å². The Morgan fingerprint density at radius 3 is 1.57 bits per heavy atom. The van der Waals surface area contributed by atoms with Gasteiger partial charge in [-0.15, -0.1) is 22.7 Å². The molecule has 0 bridgehead atoms. The van der Waals surface area contributed by atoms with Gasteiger partial charge in [0.05, 0.1) is 51.8 Å². The number of anilines is 2. The summed E-state index contributed by atoms with van der Waals surface area (Å²) in [4.78, 5) is 16.9. The Balaban J connectivity index is 1.08. The van der Waals surface area contributed by atoms with E-state index in [2.05, 4.69) is 70.8 Å². The number of nitrogens with zero attached hydrogens (tertiary/aromatic N) is 2. The van der Waals surface area contributed by atoms with E-state index in [-0.39, 0.29) is 0 Å². The fraction of sp³-hybridized carbons (Fsp3) is 0.389. The maximum absolute atomic E-state index is 11.8. The predicted octanol–water partition coefficient (Wildman–Crippen LogP) is 8.45. The number of fused-ring (bicyclic) bond motifs is 2. The smallest absolute Gasteiger partial charge is 0.173 e. The molecule has 6 aromatic rings. The molecule has 0 atom stereocenters. The number of aliphatic hydroxyl groups is 2. The largest absolute Gasteiger partial charge is 0.393 e. The zero-order chi connectivity index (χ0) is 31.4. The van der Waals surface area contributed by atoms with Gasteiger partial charge in [-0.3, -0.25) is 0 Å². The fourth-order valence-electron chi connectivity index (χ4n) is 7.29. The summed E-state index contributed by atoms with van der Waals surface area (Å²) in [6.45, 7) is 3.72. The van der Waals surface area contributed by atoms with E-state index in [1.54, 1.807) is 0 Å². The topological polar surface area (TPSA) is 122 Å². The van der Waals surface area contributed by atoms with Gasteiger partial charge in [-0.1, -0.05) is 25.7 Å². The molecule has 2 fully saturated rings. The van der Waals surface area contributed by atoms with Gasteiger partial charge in [0.25, 0.3) is 0 Å². The molecule has 2 saturated carbocycles. The number of aliphatic hydroxyl groups excluding tert-OH is 1. The first-order valence-electron chi connectivity index (χ1n) is 16.4. The second-order valence-electron chi connectivity index (χ2n) is 13.3. The van der Waals surface area contributed by atoms with Gasteiger partial charge < -0.3 is 30.8 Å². The van der Waals surface area contributed by atoms with E-state index >= 15 is 0 Å². The molecule has 4 heterocycles. The molecule has 46 heavy (non-hydrogen) atoms. The third-order valence-corrected chi connectivity index (χ3v) is 11.5. The summed E-state index contributed by atoms with van der Waals surface area (Å²) in [5.74, 6) is 0. The molecular weight excluding hydrogens is 613 g/mol. The van der Waals surface area contributed by atoms with Gasteiger partial charge in [-0.2, -0.15) is 0 Å². The highest BCUT2D eigenvalue weighted by Gasteiger charge is 2.37. The molecule has 2 aliphatic rings. The van der Waals surface area contributed by atoms with Crippen LogP contribution in [0.3, 0.4) is 0 Å². The van der Waals surface area contributed by atoms with Crippen molar-refractivity contribution in [2.24, 2.45) is 0 Å². The molecule has 8 rings (SSSR count). The molecule has 0 aliphatic heterocycles. The highest BCUT2D eigenvalue weighted by Crippen LogP contribution is 2.39. The van der Waals surface area contributed by atoms with Crippen LogP contribution in [0.4, 0.5) is 11.4 Å². The number of benzene rings is 2. The van der Waals surface area contributed by atoms with Crippen molar-refractivity contribution in [2.75, 3.05) is 17.2 Å². The standard InChI is InChI=1S/C36H40N6O2S2/c1-20-11-22-15-28(39-32(22)26(13-20)37-24-7-3-4-8-24)34-41-30(17-45-34)36(44,19-43)31-18-46-35(42-31)29-16-23-12-21(2)14-27(33(23)40-29)38-25-9-5-6-10-25/h11-18,24-25,37-40,43-44H,3-10,19H2,1-2H3. The van der Waals surface area contributed by atoms with E-state index in [0.29, 0.717) is 23.5 Å². The van der Waals surface area contributed by atoms with Crippen LogP contribution in [-0.2, 0) is 5.60 Å².